The van der Waals surface area contributed by atoms with E-state index in [2.05, 4.69) is 22.0 Å². The number of rotatable bonds is 6. The smallest absolute Gasteiger partial charge is 0.319 e. The minimum atomic E-state index is -0.570. The molecule has 1 aliphatic rings. The summed E-state index contributed by atoms with van der Waals surface area (Å²) in [5.41, 5.74) is 2.13. The molecule has 5 nitrogen and oxygen atoms in total. The lowest BCUT2D eigenvalue weighted by molar-refractivity contribution is -0.122. The van der Waals surface area contributed by atoms with Crippen molar-refractivity contribution in [2.24, 2.45) is 0 Å². The highest BCUT2D eigenvalue weighted by Gasteiger charge is 2.15. The van der Waals surface area contributed by atoms with E-state index >= 15 is 0 Å². The van der Waals surface area contributed by atoms with E-state index < -0.39 is 6.04 Å². The van der Waals surface area contributed by atoms with Gasteiger partial charge in [-0.05, 0) is 51.2 Å². The van der Waals surface area contributed by atoms with E-state index in [4.69, 9.17) is 0 Å². The standard InChI is InChI=1S/C18H25N3O2/c1-14(20-18(23)21-16-10-6-3-7-11-16)17(22)19-13-12-15-8-4-2-5-9-15/h3,6-8,10-11,14H,2,4-5,9,12-13H2,1H3,(H,19,22)(H2,20,21,23)/t14-/m0/s1. The fraction of sp³-hybridized carbons (Fsp3) is 0.444. The average Bonchev–Trinajstić information content (AvgIpc) is 2.56. The third kappa shape index (κ3) is 6.14. The first-order valence-electron chi connectivity index (χ1n) is 8.23. The Bertz CT molecular complexity index is 555. The van der Waals surface area contributed by atoms with Crippen molar-refractivity contribution < 1.29 is 9.59 Å². The number of nitrogens with one attached hydrogen (secondary N) is 3. The van der Waals surface area contributed by atoms with Crippen LogP contribution in [0.3, 0.4) is 0 Å². The van der Waals surface area contributed by atoms with Gasteiger partial charge < -0.3 is 16.0 Å². The number of carbonyl (C=O) groups excluding carboxylic acids is 2. The maximum atomic E-state index is 12.0. The SMILES string of the molecule is C[C@H](NC(=O)Nc1ccccc1)C(=O)NCCC1=CCCCC1. The third-order valence-electron chi connectivity index (χ3n) is 3.90. The lowest BCUT2D eigenvalue weighted by Gasteiger charge is -2.16. The maximum absolute atomic E-state index is 12.0. The number of para-hydroxylation sites is 1. The van der Waals surface area contributed by atoms with Crippen molar-refractivity contribution in [1.29, 1.82) is 0 Å². The summed E-state index contributed by atoms with van der Waals surface area (Å²) in [6.45, 7) is 2.30. The van der Waals surface area contributed by atoms with Gasteiger partial charge >= 0.3 is 6.03 Å². The van der Waals surface area contributed by atoms with Crippen LogP contribution in [0.1, 0.15) is 39.0 Å². The summed E-state index contributed by atoms with van der Waals surface area (Å²) < 4.78 is 0. The Labute approximate surface area is 137 Å². The van der Waals surface area contributed by atoms with E-state index in [1.807, 2.05) is 18.2 Å². The molecule has 124 valence electrons. The fourth-order valence-electron chi connectivity index (χ4n) is 2.58. The third-order valence-corrected chi connectivity index (χ3v) is 3.90. The van der Waals surface area contributed by atoms with Crippen LogP contribution < -0.4 is 16.0 Å². The molecule has 0 bridgehead atoms. The number of allylic oxidation sites excluding steroid dienone is 1. The van der Waals surface area contributed by atoms with Crippen LogP contribution in [-0.2, 0) is 4.79 Å². The summed E-state index contributed by atoms with van der Waals surface area (Å²) in [7, 11) is 0. The van der Waals surface area contributed by atoms with Gasteiger partial charge in [-0.1, -0.05) is 29.8 Å². The largest absolute Gasteiger partial charge is 0.354 e. The molecule has 0 saturated heterocycles. The molecule has 0 saturated carbocycles. The van der Waals surface area contributed by atoms with Gasteiger partial charge in [0, 0.05) is 12.2 Å². The highest BCUT2D eigenvalue weighted by molar-refractivity contribution is 5.93. The van der Waals surface area contributed by atoms with E-state index in [1.165, 1.54) is 18.4 Å². The Hall–Kier alpha value is -2.30. The molecule has 1 aromatic carbocycles. The van der Waals surface area contributed by atoms with Gasteiger partial charge in [0.05, 0.1) is 0 Å². The zero-order valence-corrected chi connectivity index (χ0v) is 13.6. The molecule has 3 amide bonds. The van der Waals surface area contributed by atoms with Crippen molar-refractivity contribution in [3.8, 4) is 0 Å². The fourth-order valence-corrected chi connectivity index (χ4v) is 2.58. The molecule has 2 rings (SSSR count). The van der Waals surface area contributed by atoms with Gasteiger partial charge in [-0.15, -0.1) is 0 Å². The number of urea groups is 1. The second kappa shape index (κ2) is 8.98. The molecule has 1 aliphatic carbocycles. The Balaban J connectivity index is 1.67. The number of amides is 3. The van der Waals surface area contributed by atoms with Crippen molar-refractivity contribution in [3.05, 3.63) is 42.0 Å². The number of hydrogen-bond acceptors (Lipinski definition) is 2. The second-order valence-corrected chi connectivity index (χ2v) is 5.84. The molecule has 0 aromatic heterocycles. The van der Waals surface area contributed by atoms with Crippen LogP contribution in [0.15, 0.2) is 42.0 Å². The van der Waals surface area contributed by atoms with E-state index in [-0.39, 0.29) is 11.9 Å². The Morgan fingerprint density at radius 2 is 1.96 bits per heavy atom. The van der Waals surface area contributed by atoms with Gasteiger partial charge in [-0.2, -0.15) is 0 Å². The zero-order valence-electron chi connectivity index (χ0n) is 13.6. The molecular formula is C18H25N3O2. The predicted molar refractivity (Wildman–Crippen MR) is 92.2 cm³/mol. The molecule has 0 fully saturated rings. The van der Waals surface area contributed by atoms with E-state index in [0.717, 1.165) is 19.3 Å². The first kappa shape index (κ1) is 17.1. The van der Waals surface area contributed by atoms with E-state index in [0.29, 0.717) is 12.2 Å². The van der Waals surface area contributed by atoms with Gasteiger partial charge in [-0.3, -0.25) is 4.79 Å². The number of anilines is 1. The van der Waals surface area contributed by atoms with Crippen LogP contribution in [-0.4, -0.2) is 24.5 Å². The van der Waals surface area contributed by atoms with Crippen LogP contribution >= 0.6 is 0 Å². The van der Waals surface area contributed by atoms with Crippen molar-refractivity contribution >= 4 is 17.6 Å². The lowest BCUT2D eigenvalue weighted by Crippen LogP contribution is -2.46. The molecule has 3 N–H and O–H groups in total. The quantitative estimate of drug-likeness (QED) is 0.706. The summed E-state index contributed by atoms with van der Waals surface area (Å²) in [6.07, 6.45) is 7.99. The van der Waals surface area contributed by atoms with Crippen molar-refractivity contribution in [2.45, 2.75) is 45.1 Å². The normalized spacial score (nSPS) is 15.3. The van der Waals surface area contributed by atoms with Crippen molar-refractivity contribution in [1.82, 2.24) is 10.6 Å². The first-order valence-corrected chi connectivity index (χ1v) is 8.23. The molecule has 1 atom stereocenters. The Morgan fingerprint density at radius 1 is 1.17 bits per heavy atom. The van der Waals surface area contributed by atoms with Crippen LogP contribution in [0, 0.1) is 0 Å². The number of carbonyl (C=O) groups is 2. The molecule has 0 heterocycles. The van der Waals surface area contributed by atoms with E-state index in [1.54, 1.807) is 19.1 Å². The first-order chi connectivity index (χ1) is 11.1. The van der Waals surface area contributed by atoms with E-state index in [9.17, 15) is 9.59 Å². The second-order valence-electron chi connectivity index (χ2n) is 5.84. The summed E-state index contributed by atoms with van der Waals surface area (Å²) in [5, 5.41) is 8.21. The lowest BCUT2D eigenvalue weighted by atomic mass is 9.97. The minimum absolute atomic E-state index is 0.162. The zero-order chi connectivity index (χ0) is 16.5. The average molecular weight is 315 g/mol. The Morgan fingerprint density at radius 3 is 2.65 bits per heavy atom. The van der Waals surface area contributed by atoms with Gasteiger partial charge in [0.1, 0.15) is 6.04 Å². The molecule has 0 spiro atoms. The molecule has 0 radical (unpaired) electrons. The highest BCUT2D eigenvalue weighted by atomic mass is 16.2. The van der Waals surface area contributed by atoms with Crippen LogP contribution in [0.2, 0.25) is 0 Å². The van der Waals surface area contributed by atoms with Crippen molar-refractivity contribution in [2.75, 3.05) is 11.9 Å². The predicted octanol–water partition coefficient (Wildman–Crippen LogP) is 3.20. The molecular weight excluding hydrogens is 290 g/mol. The minimum Gasteiger partial charge on any atom is -0.354 e. The Kier molecular flexibility index (Phi) is 6.66. The molecule has 1 aromatic rings. The molecule has 5 heteroatoms. The van der Waals surface area contributed by atoms with Gasteiger partial charge in [0.25, 0.3) is 0 Å². The molecule has 23 heavy (non-hydrogen) atoms. The topological polar surface area (TPSA) is 70.2 Å². The summed E-state index contributed by atoms with van der Waals surface area (Å²) in [4.78, 5) is 23.8. The summed E-state index contributed by atoms with van der Waals surface area (Å²) in [5.74, 6) is -0.162. The monoisotopic (exact) mass is 315 g/mol. The van der Waals surface area contributed by atoms with Gasteiger partial charge in [-0.25, -0.2) is 4.79 Å². The number of hydrogen-bond donors (Lipinski definition) is 3. The van der Waals surface area contributed by atoms with Crippen molar-refractivity contribution in [3.63, 3.8) is 0 Å². The van der Waals surface area contributed by atoms with Crippen LogP contribution in [0.5, 0.6) is 0 Å². The molecule has 0 aliphatic heterocycles. The van der Waals surface area contributed by atoms with Crippen LogP contribution in [0.4, 0.5) is 10.5 Å². The number of benzene rings is 1. The van der Waals surface area contributed by atoms with Gasteiger partial charge in [0.2, 0.25) is 5.91 Å². The van der Waals surface area contributed by atoms with Gasteiger partial charge in [0.15, 0.2) is 0 Å². The summed E-state index contributed by atoms with van der Waals surface area (Å²) in [6, 6.07) is 8.19. The van der Waals surface area contributed by atoms with Crippen LogP contribution in [0.25, 0.3) is 0 Å². The maximum Gasteiger partial charge on any atom is 0.319 e. The highest BCUT2D eigenvalue weighted by Crippen LogP contribution is 2.19. The molecule has 0 unspecified atom stereocenters. The summed E-state index contributed by atoms with van der Waals surface area (Å²) >= 11 is 0.